The van der Waals surface area contributed by atoms with Gasteiger partial charge in [-0.3, -0.25) is 0 Å². The lowest BCUT2D eigenvalue weighted by Crippen LogP contribution is -2.09. The van der Waals surface area contributed by atoms with Gasteiger partial charge in [0.1, 0.15) is 29.8 Å². The molecule has 1 heterocycles. The maximum absolute atomic E-state index is 12.4. The summed E-state index contributed by atoms with van der Waals surface area (Å²) in [4.78, 5) is 26.3. The van der Waals surface area contributed by atoms with E-state index in [1.807, 2.05) is 32.9 Å². The SMILES string of the molecule is COC=C(C(=O)OC)c1c(OC)ncnc1Oc1cccc(C(C)=NOCc2cc(C)ccc2C)c1. The standard InChI is InChI=1S/C27H29N3O6/c1-17-10-11-18(2)21(12-17)14-35-30-19(3)20-8-7-9-22(13-20)36-26-24(25(33-5)28-16-29-26)23(15-32-4)27(31)34-6/h7-13,15-16H,14H2,1-6H3. The quantitative estimate of drug-likeness (QED) is 0.128. The minimum atomic E-state index is -0.660. The van der Waals surface area contributed by atoms with Crippen LogP contribution in [0.25, 0.3) is 5.57 Å². The van der Waals surface area contributed by atoms with Crippen molar-refractivity contribution >= 4 is 17.3 Å². The van der Waals surface area contributed by atoms with Crippen LogP contribution in [0.2, 0.25) is 0 Å². The number of hydrogen-bond donors (Lipinski definition) is 0. The summed E-state index contributed by atoms with van der Waals surface area (Å²) >= 11 is 0. The second-order valence-corrected chi connectivity index (χ2v) is 7.83. The summed E-state index contributed by atoms with van der Waals surface area (Å²) in [6.45, 7) is 6.30. The smallest absolute Gasteiger partial charge is 0.342 e. The topological polar surface area (TPSA) is 101 Å². The van der Waals surface area contributed by atoms with Gasteiger partial charge in [-0.2, -0.15) is 0 Å². The first-order chi connectivity index (χ1) is 17.4. The molecule has 0 aliphatic carbocycles. The molecular weight excluding hydrogens is 462 g/mol. The maximum Gasteiger partial charge on any atom is 0.342 e. The van der Waals surface area contributed by atoms with Crippen molar-refractivity contribution < 1.29 is 28.6 Å². The number of benzene rings is 2. The number of hydrogen-bond acceptors (Lipinski definition) is 9. The zero-order valence-corrected chi connectivity index (χ0v) is 21.2. The second-order valence-electron chi connectivity index (χ2n) is 7.83. The molecule has 0 N–H and O–H groups in total. The highest BCUT2D eigenvalue weighted by Gasteiger charge is 2.25. The van der Waals surface area contributed by atoms with Crippen LogP contribution in [-0.4, -0.2) is 43.0 Å². The molecule has 0 fully saturated rings. The minimum Gasteiger partial charge on any atom is -0.503 e. The minimum absolute atomic E-state index is 0.0428. The van der Waals surface area contributed by atoms with Crippen LogP contribution in [0, 0.1) is 13.8 Å². The van der Waals surface area contributed by atoms with Crippen molar-refractivity contribution in [2.24, 2.45) is 5.16 Å². The maximum atomic E-state index is 12.4. The normalized spacial score (nSPS) is 11.6. The fraction of sp³-hybridized carbons (Fsp3) is 0.259. The summed E-state index contributed by atoms with van der Waals surface area (Å²) < 4.78 is 21.3. The third-order valence-electron chi connectivity index (χ3n) is 5.27. The predicted molar refractivity (Wildman–Crippen MR) is 135 cm³/mol. The molecule has 0 unspecified atom stereocenters. The number of methoxy groups -OCH3 is 3. The van der Waals surface area contributed by atoms with Gasteiger partial charge in [0.2, 0.25) is 11.8 Å². The van der Waals surface area contributed by atoms with Crippen molar-refractivity contribution in [1.82, 2.24) is 9.97 Å². The van der Waals surface area contributed by atoms with Crippen molar-refractivity contribution in [3.05, 3.63) is 82.9 Å². The van der Waals surface area contributed by atoms with Crippen LogP contribution < -0.4 is 9.47 Å². The summed E-state index contributed by atoms with van der Waals surface area (Å²) in [6, 6.07) is 13.5. The molecule has 188 valence electrons. The Morgan fingerprint density at radius 2 is 1.81 bits per heavy atom. The van der Waals surface area contributed by atoms with E-state index in [1.165, 1.54) is 39.5 Å². The van der Waals surface area contributed by atoms with Crippen LogP contribution in [0.5, 0.6) is 17.5 Å². The Morgan fingerprint density at radius 3 is 2.53 bits per heavy atom. The number of carbonyl (C=O) groups excluding carboxylic acids is 1. The average Bonchev–Trinajstić information content (AvgIpc) is 2.89. The van der Waals surface area contributed by atoms with Crippen LogP contribution in [0.3, 0.4) is 0 Å². The first-order valence-electron chi connectivity index (χ1n) is 11.1. The van der Waals surface area contributed by atoms with Gasteiger partial charge in [0, 0.05) is 5.56 Å². The molecule has 9 heteroatoms. The van der Waals surface area contributed by atoms with Gasteiger partial charge < -0.3 is 23.8 Å². The van der Waals surface area contributed by atoms with Gasteiger partial charge in [0.05, 0.1) is 33.3 Å². The molecule has 0 bridgehead atoms. The molecular formula is C27H29N3O6. The zero-order chi connectivity index (χ0) is 26.1. The monoisotopic (exact) mass is 491 g/mol. The summed E-state index contributed by atoms with van der Waals surface area (Å²) in [5.41, 5.74) is 5.09. The molecule has 3 rings (SSSR count). The molecule has 0 aliphatic heterocycles. The molecule has 0 radical (unpaired) electrons. The molecule has 0 aliphatic rings. The van der Waals surface area contributed by atoms with Crippen molar-refractivity contribution in [3.8, 4) is 17.5 Å². The Kier molecular flexibility index (Phi) is 8.99. The molecule has 0 atom stereocenters. The molecule has 3 aromatic rings. The highest BCUT2D eigenvalue weighted by atomic mass is 16.6. The van der Waals surface area contributed by atoms with Crippen molar-refractivity contribution in [1.29, 1.82) is 0 Å². The number of nitrogens with zero attached hydrogens (tertiary/aromatic N) is 3. The largest absolute Gasteiger partial charge is 0.503 e. The van der Waals surface area contributed by atoms with Crippen LogP contribution in [0.15, 0.2) is 60.2 Å². The fourth-order valence-corrected chi connectivity index (χ4v) is 3.36. The number of oxime groups is 1. The van der Waals surface area contributed by atoms with E-state index in [0.717, 1.165) is 16.7 Å². The number of carbonyl (C=O) groups is 1. The van der Waals surface area contributed by atoms with Gasteiger partial charge in [-0.1, -0.05) is 41.1 Å². The Morgan fingerprint density at radius 1 is 1.03 bits per heavy atom. The number of aryl methyl sites for hydroxylation is 2. The highest BCUT2D eigenvalue weighted by molar-refractivity contribution is 6.17. The van der Waals surface area contributed by atoms with Crippen LogP contribution in [0.4, 0.5) is 0 Å². The molecule has 0 saturated heterocycles. The number of rotatable bonds is 10. The van der Waals surface area contributed by atoms with Gasteiger partial charge in [-0.15, -0.1) is 0 Å². The van der Waals surface area contributed by atoms with Crippen molar-refractivity contribution in [2.75, 3.05) is 21.3 Å². The van der Waals surface area contributed by atoms with E-state index in [2.05, 4.69) is 33.3 Å². The summed E-state index contributed by atoms with van der Waals surface area (Å²) in [5, 5.41) is 4.27. The Balaban J connectivity index is 1.86. The van der Waals surface area contributed by atoms with E-state index in [9.17, 15) is 4.79 Å². The molecule has 2 aromatic carbocycles. The van der Waals surface area contributed by atoms with Gasteiger partial charge in [0.15, 0.2) is 0 Å². The third kappa shape index (κ3) is 6.38. The molecule has 0 amide bonds. The molecule has 9 nitrogen and oxygen atoms in total. The van der Waals surface area contributed by atoms with E-state index < -0.39 is 5.97 Å². The van der Waals surface area contributed by atoms with Crippen LogP contribution in [-0.2, 0) is 25.7 Å². The fourth-order valence-electron chi connectivity index (χ4n) is 3.36. The van der Waals surface area contributed by atoms with Crippen LogP contribution >= 0.6 is 0 Å². The van der Waals surface area contributed by atoms with E-state index >= 15 is 0 Å². The first-order valence-corrected chi connectivity index (χ1v) is 11.1. The molecule has 0 saturated carbocycles. The lowest BCUT2D eigenvalue weighted by atomic mass is 10.1. The van der Waals surface area contributed by atoms with E-state index in [1.54, 1.807) is 12.1 Å². The Hall–Kier alpha value is -4.40. The Bertz CT molecular complexity index is 1290. The number of aromatic nitrogens is 2. The first kappa shape index (κ1) is 26.2. The zero-order valence-electron chi connectivity index (χ0n) is 21.2. The summed E-state index contributed by atoms with van der Waals surface area (Å²) in [6.07, 6.45) is 2.50. The number of esters is 1. The molecule has 36 heavy (non-hydrogen) atoms. The lowest BCUT2D eigenvalue weighted by molar-refractivity contribution is -0.133. The third-order valence-corrected chi connectivity index (χ3v) is 5.27. The van der Waals surface area contributed by atoms with E-state index in [4.69, 9.17) is 23.8 Å². The van der Waals surface area contributed by atoms with Gasteiger partial charge in [-0.25, -0.2) is 14.8 Å². The highest BCUT2D eigenvalue weighted by Crippen LogP contribution is 2.35. The Labute approximate surface area is 210 Å². The predicted octanol–water partition coefficient (Wildman–Crippen LogP) is 5.00. The van der Waals surface area contributed by atoms with Gasteiger partial charge in [0.25, 0.3) is 0 Å². The van der Waals surface area contributed by atoms with Crippen molar-refractivity contribution in [2.45, 2.75) is 27.4 Å². The van der Waals surface area contributed by atoms with Gasteiger partial charge in [-0.05, 0) is 44.0 Å². The van der Waals surface area contributed by atoms with E-state index in [0.29, 0.717) is 18.1 Å². The average molecular weight is 492 g/mol. The summed E-state index contributed by atoms with van der Waals surface area (Å²) in [5.74, 6) is 0.0173. The van der Waals surface area contributed by atoms with E-state index in [-0.39, 0.29) is 22.9 Å². The number of ether oxygens (including phenoxy) is 4. The summed E-state index contributed by atoms with van der Waals surface area (Å²) in [7, 11) is 4.10. The van der Waals surface area contributed by atoms with Crippen LogP contribution in [0.1, 0.15) is 34.7 Å². The van der Waals surface area contributed by atoms with Crippen molar-refractivity contribution in [3.63, 3.8) is 0 Å². The molecule has 1 aromatic heterocycles. The second kappa shape index (κ2) is 12.3. The van der Waals surface area contributed by atoms with Gasteiger partial charge >= 0.3 is 5.97 Å². The lowest BCUT2D eigenvalue weighted by Gasteiger charge is -2.14. The molecule has 0 spiro atoms.